The quantitative estimate of drug-likeness (QED) is 0.576. The van der Waals surface area contributed by atoms with Gasteiger partial charge in [0, 0.05) is 25.8 Å². The van der Waals surface area contributed by atoms with Crippen LogP contribution in [0.2, 0.25) is 0 Å². The van der Waals surface area contributed by atoms with Crippen LogP contribution in [0.5, 0.6) is 0 Å². The zero-order valence-electron chi connectivity index (χ0n) is 19.3. The minimum Gasteiger partial charge on any atom is -0.356 e. The summed E-state index contributed by atoms with van der Waals surface area (Å²) >= 11 is 0. The maximum Gasteiger partial charge on any atom is 0.191 e. The molecule has 2 aliphatic carbocycles. The number of guanidine groups is 1. The molecule has 0 amide bonds. The molecular weight excluding hydrogens is 412 g/mol. The van der Waals surface area contributed by atoms with E-state index in [-0.39, 0.29) is 0 Å². The lowest BCUT2D eigenvalue weighted by atomic mass is 9.90. The Labute approximate surface area is 195 Å². The van der Waals surface area contributed by atoms with E-state index in [1.807, 2.05) is 10.9 Å². The van der Waals surface area contributed by atoms with E-state index in [9.17, 15) is 0 Å². The molecule has 2 N–H and O–H groups in total. The maximum atomic E-state index is 4.80. The van der Waals surface area contributed by atoms with Crippen molar-refractivity contribution in [2.45, 2.75) is 57.5 Å². The van der Waals surface area contributed by atoms with Gasteiger partial charge in [-0.15, -0.1) is 5.10 Å². The molecule has 1 unspecified atom stereocenters. The van der Waals surface area contributed by atoms with Crippen LogP contribution in [0.1, 0.15) is 61.5 Å². The minimum atomic E-state index is 0.336. The van der Waals surface area contributed by atoms with Gasteiger partial charge >= 0.3 is 0 Å². The SMILES string of the molecule is C1=CC(n2cc(CN(CCCCNC3=NCCN3)C3CCCc4cccnc43)nn2)=CCC1. The first-order valence-electron chi connectivity index (χ1n) is 12.4. The van der Waals surface area contributed by atoms with Gasteiger partial charge in [-0.2, -0.15) is 0 Å². The van der Waals surface area contributed by atoms with Crippen molar-refractivity contribution in [3.8, 4) is 0 Å². The summed E-state index contributed by atoms with van der Waals surface area (Å²) in [5, 5.41) is 15.6. The molecular formula is C25H34N8. The predicted molar refractivity (Wildman–Crippen MR) is 131 cm³/mol. The van der Waals surface area contributed by atoms with Gasteiger partial charge in [0.1, 0.15) is 0 Å². The molecule has 0 saturated carbocycles. The minimum absolute atomic E-state index is 0.336. The molecule has 0 spiro atoms. The summed E-state index contributed by atoms with van der Waals surface area (Å²) < 4.78 is 1.91. The summed E-state index contributed by atoms with van der Waals surface area (Å²) in [6, 6.07) is 4.64. The van der Waals surface area contributed by atoms with E-state index in [0.717, 1.165) is 88.6 Å². The molecule has 33 heavy (non-hydrogen) atoms. The second-order valence-electron chi connectivity index (χ2n) is 8.98. The molecule has 174 valence electrons. The molecule has 2 aromatic rings. The Morgan fingerprint density at radius 3 is 3.12 bits per heavy atom. The molecule has 8 heteroatoms. The van der Waals surface area contributed by atoms with E-state index < -0.39 is 0 Å². The van der Waals surface area contributed by atoms with Crippen molar-refractivity contribution in [1.82, 2.24) is 35.5 Å². The molecule has 5 rings (SSSR count). The molecule has 1 atom stereocenters. The van der Waals surface area contributed by atoms with Gasteiger partial charge in [-0.1, -0.05) is 23.4 Å². The highest BCUT2D eigenvalue weighted by molar-refractivity contribution is 5.81. The van der Waals surface area contributed by atoms with Crippen LogP contribution in [-0.2, 0) is 13.0 Å². The number of unbranched alkanes of at least 4 members (excludes halogenated alkanes) is 1. The fourth-order valence-electron chi connectivity index (χ4n) is 4.92. The molecule has 3 aliphatic rings. The van der Waals surface area contributed by atoms with E-state index in [0.29, 0.717) is 6.04 Å². The topological polar surface area (TPSA) is 83.3 Å². The van der Waals surface area contributed by atoms with Gasteiger partial charge in [0.05, 0.1) is 35.9 Å². The van der Waals surface area contributed by atoms with Crippen LogP contribution in [-0.4, -0.2) is 57.0 Å². The summed E-state index contributed by atoms with van der Waals surface area (Å²) in [7, 11) is 0. The molecule has 0 fully saturated rings. The van der Waals surface area contributed by atoms with Gasteiger partial charge in [0.2, 0.25) is 0 Å². The number of hydrogen-bond acceptors (Lipinski definition) is 7. The van der Waals surface area contributed by atoms with Crippen molar-refractivity contribution in [2.75, 3.05) is 26.2 Å². The normalized spacial score (nSPS) is 19.7. The van der Waals surface area contributed by atoms with Crippen molar-refractivity contribution in [1.29, 1.82) is 0 Å². The highest BCUT2D eigenvalue weighted by Gasteiger charge is 2.27. The van der Waals surface area contributed by atoms with E-state index in [1.165, 1.54) is 17.7 Å². The smallest absolute Gasteiger partial charge is 0.191 e. The summed E-state index contributed by atoms with van der Waals surface area (Å²) in [5.74, 6) is 0.944. The van der Waals surface area contributed by atoms with Gasteiger partial charge in [-0.05, 0) is 69.2 Å². The first kappa shape index (κ1) is 21.8. The molecule has 0 radical (unpaired) electrons. The lowest BCUT2D eigenvalue weighted by Crippen LogP contribution is -2.35. The average Bonchev–Trinajstić information content (AvgIpc) is 3.56. The van der Waals surface area contributed by atoms with Crippen LogP contribution >= 0.6 is 0 Å². The maximum absolute atomic E-state index is 4.80. The fraction of sp³-hybridized carbons (Fsp3) is 0.520. The van der Waals surface area contributed by atoms with Crippen LogP contribution < -0.4 is 10.6 Å². The zero-order valence-corrected chi connectivity index (χ0v) is 19.3. The first-order valence-corrected chi connectivity index (χ1v) is 12.4. The standard InChI is InChI=1S/C25H34N8/c1-2-10-22(11-3-1)33-19-21(30-31-33)18-32(17-5-4-13-27-25-28-15-16-29-25)23-12-6-8-20-9-7-14-26-24(20)23/h2,7,9-11,14,19,23H,1,3-6,8,12-13,15-18H2,(H2,27,28,29). The van der Waals surface area contributed by atoms with Crippen LogP contribution in [0.4, 0.5) is 0 Å². The van der Waals surface area contributed by atoms with Crippen LogP contribution in [0.25, 0.3) is 5.70 Å². The summed E-state index contributed by atoms with van der Waals surface area (Å²) in [4.78, 5) is 11.8. The first-order chi connectivity index (χ1) is 16.4. The Morgan fingerprint density at radius 1 is 1.24 bits per heavy atom. The average molecular weight is 447 g/mol. The Balaban J connectivity index is 1.26. The van der Waals surface area contributed by atoms with Crippen LogP contribution in [0.15, 0.2) is 47.7 Å². The van der Waals surface area contributed by atoms with Crippen molar-refractivity contribution in [2.24, 2.45) is 4.99 Å². The Kier molecular flexibility index (Phi) is 7.11. The number of aliphatic imine (C=N–C) groups is 1. The van der Waals surface area contributed by atoms with Crippen molar-refractivity contribution >= 4 is 11.7 Å². The molecule has 1 aliphatic heterocycles. The molecule has 3 heterocycles. The van der Waals surface area contributed by atoms with Crippen molar-refractivity contribution < 1.29 is 0 Å². The molecule has 2 aromatic heterocycles. The highest BCUT2D eigenvalue weighted by atomic mass is 15.4. The third kappa shape index (κ3) is 5.50. The van der Waals surface area contributed by atoms with E-state index >= 15 is 0 Å². The number of pyridine rings is 1. The number of allylic oxidation sites excluding steroid dienone is 4. The lowest BCUT2D eigenvalue weighted by Gasteiger charge is -2.34. The van der Waals surface area contributed by atoms with E-state index in [2.05, 4.69) is 67.4 Å². The zero-order chi connectivity index (χ0) is 22.3. The fourth-order valence-corrected chi connectivity index (χ4v) is 4.92. The van der Waals surface area contributed by atoms with Gasteiger partial charge in [0.25, 0.3) is 0 Å². The van der Waals surface area contributed by atoms with Crippen molar-refractivity contribution in [3.63, 3.8) is 0 Å². The highest BCUT2D eigenvalue weighted by Crippen LogP contribution is 2.33. The number of hydrogen-bond donors (Lipinski definition) is 2. The molecule has 8 nitrogen and oxygen atoms in total. The predicted octanol–water partition coefficient (Wildman–Crippen LogP) is 3.07. The Hall–Kier alpha value is -3.00. The third-order valence-electron chi connectivity index (χ3n) is 6.59. The van der Waals surface area contributed by atoms with Crippen molar-refractivity contribution in [3.05, 3.63) is 59.7 Å². The number of aromatic nitrogens is 4. The summed E-state index contributed by atoms with van der Waals surface area (Å²) in [6.07, 6.45) is 18.4. The molecule has 0 saturated heterocycles. The summed E-state index contributed by atoms with van der Waals surface area (Å²) in [5.41, 5.74) is 4.77. The second-order valence-corrected chi connectivity index (χ2v) is 8.98. The van der Waals surface area contributed by atoms with Gasteiger partial charge < -0.3 is 10.6 Å². The number of rotatable bonds is 9. The Bertz CT molecular complexity index is 1020. The third-order valence-corrected chi connectivity index (χ3v) is 6.59. The van der Waals surface area contributed by atoms with Crippen LogP contribution in [0.3, 0.4) is 0 Å². The van der Waals surface area contributed by atoms with E-state index in [1.54, 1.807) is 0 Å². The molecule has 0 bridgehead atoms. The second kappa shape index (κ2) is 10.7. The van der Waals surface area contributed by atoms with E-state index in [4.69, 9.17) is 4.98 Å². The number of fused-ring (bicyclic) bond motifs is 1. The molecule has 0 aromatic carbocycles. The van der Waals surface area contributed by atoms with Gasteiger partial charge in [-0.3, -0.25) is 14.9 Å². The number of aryl methyl sites for hydroxylation is 1. The lowest BCUT2D eigenvalue weighted by molar-refractivity contribution is 0.161. The number of nitrogens with zero attached hydrogens (tertiary/aromatic N) is 6. The Morgan fingerprint density at radius 2 is 2.24 bits per heavy atom. The van der Waals surface area contributed by atoms with Gasteiger partial charge in [0.15, 0.2) is 5.96 Å². The van der Waals surface area contributed by atoms with Crippen LogP contribution in [0, 0.1) is 0 Å². The largest absolute Gasteiger partial charge is 0.356 e. The monoisotopic (exact) mass is 446 g/mol. The summed E-state index contributed by atoms with van der Waals surface area (Å²) in [6.45, 7) is 4.56. The number of nitrogens with one attached hydrogen (secondary N) is 2. The van der Waals surface area contributed by atoms with Gasteiger partial charge in [-0.25, -0.2) is 4.68 Å².